The van der Waals surface area contributed by atoms with E-state index >= 15 is 0 Å². The smallest absolute Gasteiger partial charge is 0.227 e. The van der Waals surface area contributed by atoms with Gasteiger partial charge in [0.1, 0.15) is 5.82 Å². The number of nitrogens with one attached hydrogen (secondary N) is 1. The van der Waals surface area contributed by atoms with Gasteiger partial charge >= 0.3 is 0 Å². The molecule has 0 aliphatic carbocycles. The second-order valence-electron chi connectivity index (χ2n) is 6.20. The zero-order chi connectivity index (χ0) is 17.5. The number of hydrogen-bond donors (Lipinski definition) is 1. The third kappa shape index (κ3) is 5.05. The molecular formula is C21H24N4. The topological polar surface area (TPSA) is 41.1 Å². The Morgan fingerprint density at radius 2 is 1.52 bits per heavy atom. The molecule has 0 fully saturated rings. The van der Waals surface area contributed by atoms with Gasteiger partial charge in [-0.2, -0.15) is 4.98 Å². The number of anilines is 2. The molecular weight excluding hydrogens is 308 g/mol. The van der Waals surface area contributed by atoms with Crippen molar-refractivity contribution >= 4 is 11.8 Å². The van der Waals surface area contributed by atoms with Crippen molar-refractivity contribution in [3.05, 3.63) is 83.6 Å². The minimum Gasteiger partial charge on any atom is -0.370 e. The van der Waals surface area contributed by atoms with Crippen LogP contribution in [0.2, 0.25) is 0 Å². The summed E-state index contributed by atoms with van der Waals surface area (Å²) in [6.45, 7) is 3.64. The summed E-state index contributed by atoms with van der Waals surface area (Å²) in [5.74, 6) is 1.62. The average Bonchev–Trinajstić information content (AvgIpc) is 2.63. The Labute approximate surface area is 149 Å². The SMILES string of the molecule is Cc1cc(NCCc2ccccc2)nc(N(C)Cc2ccccc2)n1. The van der Waals surface area contributed by atoms with E-state index in [2.05, 4.69) is 68.7 Å². The summed E-state index contributed by atoms with van der Waals surface area (Å²) in [4.78, 5) is 11.3. The third-order valence-corrected chi connectivity index (χ3v) is 4.01. The summed E-state index contributed by atoms with van der Waals surface area (Å²) < 4.78 is 0. The van der Waals surface area contributed by atoms with Gasteiger partial charge in [0.2, 0.25) is 5.95 Å². The molecule has 3 rings (SSSR count). The fourth-order valence-corrected chi connectivity index (χ4v) is 2.72. The number of hydrogen-bond acceptors (Lipinski definition) is 4. The minimum atomic E-state index is 0.742. The predicted octanol–water partition coefficient (Wildman–Crippen LogP) is 4.08. The molecule has 2 aromatic carbocycles. The van der Waals surface area contributed by atoms with Crippen LogP contribution >= 0.6 is 0 Å². The second kappa shape index (κ2) is 8.29. The molecule has 1 aromatic heterocycles. The normalized spacial score (nSPS) is 10.5. The zero-order valence-electron chi connectivity index (χ0n) is 14.8. The predicted molar refractivity (Wildman–Crippen MR) is 104 cm³/mol. The molecule has 1 N–H and O–H groups in total. The molecule has 1 heterocycles. The molecule has 0 bridgehead atoms. The Morgan fingerprint density at radius 1 is 0.880 bits per heavy atom. The Morgan fingerprint density at radius 3 is 2.20 bits per heavy atom. The molecule has 0 spiro atoms. The van der Waals surface area contributed by atoms with Gasteiger partial charge in [0.15, 0.2) is 0 Å². The van der Waals surface area contributed by atoms with Crippen LogP contribution in [0.3, 0.4) is 0 Å². The summed E-state index contributed by atoms with van der Waals surface area (Å²) in [5.41, 5.74) is 3.53. The first kappa shape index (κ1) is 17.0. The first-order chi connectivity index (χ1) is 12.2. The van der Waals surface area contributed by atoms with Crippen LogP contribution in [0.1, 0.15) is 16.8 Å². The highest BCUT2D eigenvalue weighted by Crippen LogP contribution is 2.15. The van der Waals surface area contributed by atoms with Gasteiger partial charge in [-0.05, 0) is 24.5 Å². The van der Waals surface area contributed by atoms with Crippen LogP contribution in [0.15, 0.2) is 66.7 Å². The summed E-state index contributed by atoms with van der Waals surface area (Å²) >= 11 is 0. The molecule has 0 atom stereocenters. The lowest BCUT2D eigenvalue weighted by Crippen LogP contribution is -2.20. The van der Waals surface area contributed by atoms with Crippen molar-refractivity contribution in [1.82, 2.24) is 9.97 Å². The van der Waals surface area contributed by atoms with Crippen molar-refractivity contribution in [1.29, 1.82) is 0 Å². The molecule has 0 aliphatic rings. The Kier molecular flexibility index (Phi) is 5.62. The van der Waals surface area contributed by atoms with Crippen LogP contribution in [-0.2, 0) is 13.0 Å². The summed E-state index contributed by atoms with van der Waals surface area (Å²) in [5, 5.41) is 3.42. The standard InChI is InChI=1S/C21H24N4/c1-17-15-20(22-14-13-18-9-5-3-6-10-18)24-21(23-17)25(2)16-19-11-7-4-8-12-19/h3-12,15H,13-14,16H2,1-2H3,(H,22,23,24). The van der Waals surface area contributed by atoms with Crippen molar-refractivity contribution in [3.8, 4) is 0 Å². The molecule has 3 aromatic rings. The van der Waals surface area contributed by atoms with Gasteiger partial charge in [0, 0.05) is 31.9 Å². The summed E-state index contributed by atoms with van der Waals surface area (Å²) in [7, 11) is 2.02. The Hall–Kier alpha value is -2.88. The molecule has 0 aliphatic heterocycles. The van der Waals surface area contributed by atoms with Gasteiger partial charge in [0.05, 0.1) is 0 Å². The number of rotatable bonds is 7. The summed E-state index contributed by atoms with van der Waals surface area (Å²) in [6, 6.07) is 22.8. The van der Waals surface area contributed by atoms with Crippen LogP contribution in [0, 0.1) is 6.92 Å². The fraction of sp³-hybridized carbons (Fsp3) is 0.238. The van der Waals surface area contributed by atoms with E-state index in [0.29, 0.717) is 0 Å². The van der Waals surface area contributed by atoms with Gasteiger partial charge in [0.25, 0.3) is 0 Å². The number of aryl methyl sites for hydroxylation is 1. The first-order valence-corrected chi connectivity index (χ1v) is 8.59. The van der Waals surface area contributed by atoms with Gasteiger partial charge in [-0.25, -0.2) is 4.98 Å². The maximum absolute atomic E-state index is 4.66. The second-order valence-corrected chi connectivity index (χ2v) is 6.20. The van der Waals surface area contributed by atoms with Crippen molar-refractivity contribution in [2.45, 2.75) is 19.9 Å². The number of nitrogens with zero attached hydrogens (tertiary/aromatic N) is 3. The van der Waals surface area contributed by atoms with E-state index in [9.17, 15) is 0 Å². The van der Waals surface area contributed by atoms with Crippen LogP contribution in [0.5, 0.6) is 0 Å². The van der Waals surface area contributed by atoms with E-state index in [4.69, 9.17) is 0 Å². The van der Waals surface area contributed by atoms with E-state index in [-0.39, 0.29) is 0 Å². The van der Waals surface area contributed by atoms with Crippen molar-refractivity contribution in [2.24, 2.45) is 0 Å². The number of aromatic nitrogens is 2. The van der Waals surface area contributed by atoms with Gasteiger partial charge < -0.3 is 10.2 Å². The molecule has 4 heteroatoms. The van der Waals surface area contributed by atoms with Crippen LogP contribution in [0.4, 0.5) is 11.8 Å². The van der Waals surface area contributed by atoms with Gasteiger partial charge in [-0.15, -0.1) is 0 Å². The minimum absolute atomic E-state index is 0.742. The maximum Gasteiger partial charge on any atom is 0.227 e. The largest absolute Gasteiger partial charge is 0.370 e. The average molecular weight is 332 g/mol. The molecule has 0 amide bonds. The highest BCUT2D eigenvalue weighted by atomic mass is 15.2. The molecule has 0 unspecified atom stereocenters. The lowest BCUT2D eigenvalue weighted by molar-refractivity contribution is 0.857. The fourth-order valence-electron chi connectivity index (χ4n) is 2.72. The van der Waals surface area contributed by atoms with E-state index < -0.39 is 0 Å². The van der Waals surface area contributed by atoms with Crippen molar-refractivity contribution in [2.75, 3.05) is 23.8 Å². The molecule has 128 valence electrons. The van der Waals surface area contributed by atoms with E-state index in [1.807, 2.05) is 32.2 Å². The van der Waals surface area contributed by atoms with Crippen LogP contribution in [0.25, 0.3) is 0 Å². The lowest BCUT2D eigenvalue weighted by Gasteiger charge is -2.18. The van der Waals surface area contributed by atoms with E-state index in [0.717, 1.165) is 37.0 Å². The van der Waals surface area contributed by atoms with E-state index in [1.165, 1.54) is 11.1 Å². The molecule has 0 radical (unpaired) electrons. The Balaban J connectivity index is 1.63. The van der Waals surface area contributed by atoms with Crippen LogP contribution in [-0.4, -0.2) is 23.6 Å². The van der Waals surface area contributed by atoms with Gasteiger partial charge in [-0.3, -0.25) is 0 Å². The molecule has 4 nitrogen and oxygen atoms in total. The van der Waals surface area contributed by atoms with Gasteiger partial charge in [-0.1, -0.05) is 60.7 Å². The highest BCUT2D eigenvalue weighted by Gasteiger charge is 2.08. The van der Waals surface area contributed by atoms with E-state index in [1.54, 1.807) is 0 Å². The quantitative estimate of drug-likeness (QED) is 0.708. The van der Waals surface area contributed by atoms with Crippen molar-refractivity contribution < 1.29 is 0 Å². The first-order valence-electron chi connectivity index (χ1n) is 8.59. The van der Waals surface area contributed by atoms with Crippen molar-refractivity contribution in [3.63, 3.8) is 0 Å². The molecule has 25 heavy (non-hydrogen) atoms. The summed E-state index contributed by atoms with van der Waals surface area (Å²) in [6.07, 6.45) is 0.971. The van der Waals surface area contributed by atoms with Crippen LogP contribution < -0.4 is 10.2 Å². The monoisotopic (exact) mass is 332 g/mol. The lowest BCUT2D eigenvalue weighted by atomic mass is 10.1. The third-order valence-electron chi connectivity index (χ3n) is 4.01. The molecule has 0 saturated heterocycles. The molecule has 0 saturated carbocycles. The Bertz CT molecular complexity index is 788. The zero-order valence-corrected chi connectivity index (χ0v) is 14.8. The maximum atomic E-state index is 4.66. The highest BCUT2D eigenvalue weighted by molar-refractivity contribution is 5.43. The number of benzene rings is 2.